The molecule has 1 heterocycles. The van der Waals surface area contributed by atoms with E-state index in [9.17, 15) is 4.21 Å². The molecule has 1 fully saturated rings. The molecule has 0 radical (unpaired) electrons. The Morgan fingerprint density at radius 3 is 2.94 bits per heavy atom. The van der Waals surface area contributed by atoms with Crippen LogP contribution in [-0.2, 0) is 17.2 Å². The van der Waals surface area contributed by atoms with Crippen LogP contribution in [0.3, 0.4) is 0 Å². The standard InChI is InChI=1S/C14H19NO2S/c1-14(2)8-18(16)12-6-9-4-5-10(17-3)7-11(9)13(12)15-14/h4-5,7,12-13,15H,6,8H2,1-3H3. The zero-order chi connectivity index (χ0) is 12.9. The number of benzene rings is 1. The SMILES string of the molecule is COc1ccc2c(c1)C1NC(C)(C)CS(=O)C1C2. The van der Waals surface area contributed by atoms with Gasteiger partial charge < -0.3 is 10.1 Å². The van der Waals surface area contributed by atoms with Crippen molar-refractivity contribution in [3.8, 4) is 5.75 Å². The van der Waals surface area contributed by atoms with Crippen molar-refractivity contribution in [3.05, 3.63) is 29.3 Å². The number of fused-ring (bicyclic) bond motifs is 3. The topological polar surface area (TPSA) is 38.3 Å². The summed E-state index contributed by atoms with van der Waals surface area (Å²) in [5, 5.41) is 3.87. The summed E-state index contributed by atoms with van der Waals surface area (Å²) in [5.41, 5.74) is 2.52. The van der Waals surface area contributed by atoms with Gasteiger partial charge in [0.25, 0.3) is 0 Å². The summed E-state index contributed by atoms with van der Waals surface area (Å²) in [6.07, 6.45) is 0.916. The molecule has 0 spiro atoms. The van der Waals surface area contributed by atoms with Crippen molar-refractivity contribution < 1.29 is 8.95 Å². The van der Waals surface area contributed by atoms with Gasteiger partial charge in [-0.05, 0) is 43.5 Å². The Kier molecular flexibility index (Phi) is 2.75. The average molecular weight is 265 g/mol. The molecule has 0 amide bonds. The maximum atomic E-state index is 12.4. The van der Waals surface area contributed by atoms with Crippen molar-refractivity contribution in [3.63, 3.8) is 0 Å². The van der Waals surface area contributed by atoms with E-state index in [1.54, 1.807) is 7.11 Å². The first-order valence-corrected chi connectivity index (χ1v) is 7.70. The van der Waals surface area contributed by atoms with Gasteiger partial charge in [-0.3, -0.25) is 4.21 Å². The third-order valence-electron chi connectivity index (χ3n) is 3.87. The molecule has 1 N–H and O–H groups in total. The number of nitrogens with one attached hydrogen (secondary N) is 1. The lowest BCUT2D eigenvalue weighted by molar-refractivity contribution is 0.348. The van der Waals surface area contributed by atoms with Crippen molar-refractivity contribution in [2.24, 2.45) is 0 Å². The molecule has 2 aliphatic rings. The Labute approximate surface area is 110 Å². The van der Waals surface area contributed by atoms with E-state index in [2.05, 4.69) is 31.3 Å². The Balaban J connectivity index is 2.02. The fraction of sp³-hybridized carbons (Fsp3) is 0.571. The minimum Gasteiger partial charge on any atom is -0.497 e. The molecule has 1 aromatic rings. The summed E-state index contributed by atoms with van der Waals surface area (Å²) in [4.78, 5) is 0. The highest BCUT2D eigenvalue weighted by Crippen LogP contribution is 2.40. The molecule has 0 saturated carbocycles. The van der Waals surface area contributed by atoms with Crippen molar-refractivity contribution in [2.75, 3.05) is 12.9 Å². The van der Waals surface area contributed by atoms with Gasteiger partial charge >= 0.3 is 0 Å². The van der Waals surface area contributed by atoms with Crippen molar-refractivity contribution >= 4 is 10.8 Å². The van der Waals surface area contributed by atoms with Gasteiger partial charge in [0.1, 0.15) is 5.75 Å². The van der Waals surface area contributed by atoms with Crippen LogP contribution in [-0.4, -0.2) is 27.9 Å². The molecule has 0 aromatic heterocycles. The Morgan fingerprint density at radius 1 is 1.44 bits per heavy atom. The first-order valence-electron chi connectivity index (χ1n) is 6.32. The molecule has 98 valence electrons. The van der Waals surface area contributed by atoms with Gasteiger partial charge in [-0.15, -0.1) is 0 Å². The number of rotatable bonds is 1. The maximum absolute atomic E-state index is 12.4. The molecule has 3 unspecified atom stereocenters. The second-order valence-electron chi connectivity index (χ2n) is 5.84. The molecule has 3 atom stereocenters. The van der Waals surface area contributed by atoms with Crippen LogP contribution >= 0.6 is 0 Å². The average Bonchev–Trinajstić information content (AvgIpc) is 2.66. The van der Waals surface area contributed by atoms with E-state index >= 15 is 0 Å². The highest BCUT2D eigenvalue weighted by atomic mass is 32.2. The Hall–Kier alpha value is -0.870. The zero-order valence-corrected chi connectivity index (χ0v) is 11.8. The lowest BCUT2D eigenvalue weighted by atomic mass is 10.0. The van der Waals surface area contributed by atoms with Crippen LogP contribution < -0.4 is 10.1 Å². The molecule has 1 aliphatic carbocycles. The van der Waals surface area contributed by atoms with Crippen LogP contribution in [0.1, 0.15) is 31.0 Å². The van der Waals surface area contributed by atoms with E-state index in [1.165, 1.54) is 11.1 Å². The van der Waals surface area contributed by atoms with E-state index < -0.39 is 10.8 Å². The summed E-state index contributed by atoms with van der Waals surface area (Å²) in [6, 6.07) is 6.40. The molecule has 1 aliphatic heterocycles. The van der Waals surface area contributed by atoms with E-state index in [-0.39, 0.29) is 16.8 Å². The number of hydrogen-bond acceptors (Lipinski definition) is 3. The van der Waals surface area contributed by atoms with Crippen molar-refractivity contribution in [1.29, 1.82) is 0 Å². The predicted molar refractivity (Wildman–Crippen MR) is 73.5 cm³/mol. The third-order valence-corrected chi connectivity index (χ3v) is 5.99. The first-order chi connectivity index (χ1) is 8.50. The van der Waals surface area contributed by atoms with E-state index in [1.807, 2.05) is 6.07 Å². The van der Waals surface area contributed by atoms with E-state index in [4.69, 9.17) is 4.74 Å². The molecule has 1 saturated heterocycles. The maximum Gasteiger partial charge on any atom is 0.119 e. The van der Waals surface area contributed by atoms with Crippen LogP contribution in [0.5, 0.6) is 5.75 Å². The van der Waals surface area contributed by atoms with Crippen LogP contribution in [0.25, 0.3) is 0 Å². The molecule has 4 heteroatoms. The van der Waals surface area contributed by atoms with Gasteiger partial charge in [0.05, 0.1) is 12.4 Å². The van der Waals surface area contributed by atoms with Crippen molar-refractivity contribution in [1.82, 2.24) is 5.32 Å². The summed E-state index contributed by atoms with van der Waals surface area (Å²) in [7, 11) is 0.932. The van der Waals surface area contributed by atoms with Gasteiger partial charge in [-0.2, -0.15) is 0 Å². The summed E-state index contributed by atoms with van der Waals surface area (Å²) >= 11 is 0. The zero-order valence-electron chi connectivity index (χ0n) is 11.0. The predicted octanol–water partition coefficient (Wildman–Crippen LogP) is 1.79. The fourth-order valence-corrected chi connectivity index (χ4v) is 4.94. The highest BCUT2D eigenvalue weighted by molar-refractivity contribution is 7.85. The molecular formula is C14H19NO2S. The monoisotopic (exact) mass is 265 g/mol. The lowest BCUT2D eigenvalue weighted by Crippen LogP contribution is -2.55. The Morgan fingerprint density at radius 2 is 2.22 bits per heavy atom. The molecule has 0 bridgehead atoms. The first kappa shape index (κ1) is 12.2. The van der Waals surface area contributed by atoms with Gasteiger partial charge in [0, 0.05) is 28.1 Å². The van der Waals surface area contributed by atoms with Gasteiger partial charge in [-0.1, -0.05) is 6.07 Å². The Bertz CT molecular complexity index is 513. The van der Waals surface area contributed by atoms with Crippen LogP contribution in [0.4, 0.5) is 0 Å². The summed E-state index contributed by atoms with van der Waals surface area (Å²) in [5.74, 6) is 1.62. The highest BCUT2D eigenvalue weighted by Gasteiger charge is 2.44. The van der Waals surface area contributed by atoms with E-state index in [0.29, 0.717) is 0 Å². The van der Waals surface area contributed by atoms with Crippen LogP contribution in [0.15, 0.2) is 18.2 Å². The molecule has 18 heavy (non-hydrogen) atoms. The molecule has 1 aromatic carbocycles. The van der Waals surface area contributed by atoms with Crippen LogP contribution in [0, 0.1) is 0 Å². The minimum atomic E-state index is -0.753. The van der Waals surface area contributed by atoms with Crippen LogP contribution in [0.2, 0.25) is 0 Å². The summed E-state index contributed by atoms with van der Waals surface area (Å²) in [6.45, 7) is 4.25. The summed E-state index contributed by atoms with van der Waals surface area (Å²) < 4.78 is 17.6. The quantitative estimate of drug-likeness (QED) is 0.841. The van der Waals surface area contributed by atoms with E-state index in [0.717, 1.165) is 17.9 Å². The second kappa shape index (κ2) is 4.07. The number of ether oxygens (including phenoxy) is 1. The second-order valence-corrected chi connectivity index (χ2v) is 7.49. The smallest absolute Gasteiger partial charge is 0.119 e. The van der Waals surface area contributed by atoms with Gasteiger partial charge in [0.2, 0.25) is 0 Å². The fourth-order valence-electron chi connectivity index (χ4n) is 3.05. The minimum absolute atomic E-state index is 0.0588. The van der Waals surface area contributed by atoms with Gasteiger partial charge in [0.15, 0.2) is 0 Å². The van der Waals surface area contributed by atoms with Crippen molar-refractivity contribution in [2.45, 2.75) is 37.1 Å². The number of hydrogen-bond donors (Lipinski definition) is 1. The molecular weight excluding hydrogens is 246 g/mol. The molecule has 3 nitrogen and oxygen atoms in total. The molecule has 3 rings (SSSR count). The van der Waals surface area contributed by atoms with Gasteiger partial charge in [-0.25, -0.2) is 0 Å². The number of methoxy groups -OCH3 is 1. The normalized spacial score (nSPS) is 32.7. The lowest BCUT2D eigenvalue weighted by Gasteiger charge is -2.38. The largest absolute Gasteiger partial charge is 0.497 e. The third kappa shape index (κ3) is 1.88.